The molecule has 2 heterocycles. The van der Waals surface area contributed by atoms with Gasteiger partial charge in [-0.3, -0.25) is 9.69 Å². The molecular formula is C32H40N2O6S. The second-order valence-electron chi connectivity index (χ2n) is 12.5. The van der Waals surface area contributed by atoms with Crippen LogP contribution in [0.1, 0.15) is 56.7 Å². The molecule has 2 fully saturated rings. The van der Waals surface area contributed by atoms with E-state index in [1.165, 1.54) is 6.92 Å². The number of carbonyl (C=O) groups excluding carboxylic acids is 1. The van der Waals surface area contributed by atoms with Crippen LogP contribution in [-0.2, 0) is 32.4 Å². The van der Waals surface area contributed by atoms with Gasteiger partial charge in [-0.2, -0.15) is 4.31 Å². The minimum Gasteiger partial charge on any atom is -0.483 e. The molecule has 2 aromatic carbocycles. The number of rotatable bonds is 9. The fraction of sp³-hybridized carbons (Fsp3) is 0.531. The Morgan fingerprint density at radius 3 is 2.68 bits per heavy atom. The Labute approximate surface area is 243 Å². The lowest BCUT2D eigenvalue weighted by molar-refractivity contribution is -0.194. The Bertz CT molecular complexity index is 1460. The highest BCUT2D eigenvalue weighted by atomic mass is 32.2. The zero-order valence-electron chi connectivity index (χ0n) is 24.1. The molecule has 1 saturated carbocycles. The lowest BCUT2D eigenvalue weighted by Crippen LogP contribution is -2.78. The van der Waals surface area contributed by atoms with Crippen LogP contribution < -0.4 is 9.47 Å². The number of carbonyl (C=O) groups is 1. The average molecular weight is 581 g/mol. The van der Waals surface area contributed by atoms with Crippen molar-refractivity contribution in [3.05, 3.63) is 71.8 Å². The van der Waals surface area contributed by atoms with Crippen molar-refractivity contribution in [1.29, 1.82) is 0 Å². The van der Waals surface area contributed by atoms with Gasteiger partial charge in [-0.1, -0.05) is 56.3 Å². The van der Waals surface area contributed by atoms with Crippen molar-refractivity contribution in [2.24, 2.45) is 5.92 Å². The first kappa shape index (κ1) is 28.4. The Hall–Kier alpha value is -2.72. The van der Waals surface area contributed by atoms with Crippen LogP contribution in [0.25, 0.3) is 0 Å². The molecule has 8 nitrogen and oxygen atoms in total. The van der Waals surface area contributed by atoms with Gasteiger partial charge in [0, 0.05) is 31.6 Å². The van der Waals surface area contributed by atoms with Gasteiger partial charge in [0.2, 0.25) is 10.0 Å². The zero-order chi connectivity index (χ0) is 29.2. The zero-order valence-corrected chi connectivity index (χ0v) is 24.9. The monoisotopic (exact) mass is 580 g/mol. The highest BCUT2D eigenvalue weighted by molar-refractivity contribution is 7.88. The molecule has 4 aliphatic rings. The normalized spacial score (nSPS) is 30.1. The lowest BCUT2D eigenvalue weighted by Gasteiger charge is -2.64. The van der Waals surface area contributed by atoms with Crippen LogP contribution in [0.2, 0.25) is 0 Å². The predicted molar refractivity (Wildman–Crippen MR) is 156 cm³/mol. The van der Waals surface area contributed by atoms with Crippen molar-refractivity contribution in [3.63, 3.8) is 0 Å². The summed E-state index contributed by atoms with van der Waals surface area (Å²) in [6.45, 7) is 11.1. The molecule has 2 aromatic rings. The van der Waals surface area contributed by atoms with E-state index in [2.05, 4.69) is 11.5 Å². The molecule has 5 atom stereocenters. The van der Waals surface area contributed by atoms with E-state index in [0.29, 0.717) is 50.3 Å². The van der Waals surface area contributed by atoms with Crippen molar-refractivity contribution in [1.82, 2.24) is 9.21 Å². The van der Waals surface area contributed by atoms with E-state index in [0.717, 1.165) is 23.2 Å². The third kappa shape index (κ3) is 4.35. The van der Waals surface area contributed by atoms with E-state index in [1.54, 1.807) is 10.4 Å². The van der Waals surface area contributed by atoms with Crippen LogP contribution in [0, 0.1) is 5.92 Å². The smallest absolute Gasteiger partial charge is 0.308 e. The molecule has 1 spiro atoms. The van der Waals surface area contributed by atoms with Gasteiger partial charge >= 0.3 is 5.97 Å². The van der Waals surface area contributed by atoms with Crippen LogP contribution in [-0.4, -0.2) is 72.1 Å². The number of ether oxygens (including phenoxy) is 2. The van der Waals surface area contributed by atoms with Gasteiger partial charge in [-0.25, -0.2) is 8.42 Å². The molecule has 0 radical (unpaired) electrons. The molecule has 2 aliphatic carbocycles. The fourth-order valence-corrected chi connectivity index (χ4v) is 10.1. The molecule has 220 valence electrons. The third-order valence-corrected chi connectivity index (χ3v) is 11.4. The van der Waals surface area contributed by atoms with Crippen molar-refractivity contribution in [2.75, 3.05) is 19.6 Å². The van der Waals surface area contributed by atoms with E-state index in [1.807, 2.05) is 56.3 Å². The number of hydrogen-bond donors (Lipinski definition) is 1. The molecule has 9 heteroatoms. The summed E-state index contributed by atoms with van der Waals surface area (Å²) in [6, 6.07) is 12.4. The molecule has 41 heavy (non-hydrogen) atoms. The molecule has 1 saturated heterocycles. The van der Waals surface area contributed by atoms with Crippen LogP contribution >= 0.6 is 0 Å². The number of sulfonamides is 1. The molecular weight excluding hydrogens is 540 g/mol. The summed E-state index contributed by atoms with van der Waals surface area (Å²) in [5.74, 6) is 0.339. The minimum absolute atomic E-state index is 0.0864. The Kier molecular flexibility index (Phi) is 7.08. The van der Waals surface area contributed by atoms with E-state index >= 15 is 0 Å². The number of aliphatic hydroxyl groups is 1. The highest BCUT2D eigenvalue weighted by Crippen LogP contribution is 2.66. The standard InChI is InChI=1S/C32H40N2O6S/c1-5-16-33-17-15-31-28-24-11-12-26(39-22(4)35)29(28)40-30(31)25(13-14-32(31,36)27(33)18-24)34(19-21(2)3)41(37,38)20-23-9-7-6-8-10-23/h5-12,21,25,27,30,36H,1,13-20H2,2-4H3/t25?,27-,30?,31+,32-/m1/s1. The number of benzene rings is 2. The van der Waals surface area contributed by atoms with E-state index in [4.69, 9.17) is 9.47 Å². The average Bonchev–Trinajstić information content (AvgIpc) is 3.26. The molecule has 1 N–H and O–H groups in total. The van der Waals surface area contributed by atoms with Crippen LogP contribution in [0.3, 0.4) is 0 Å². The van der Waals surface area contributed by atoms with E-state index in [-0.39, 0.29) is 17.7 Å². The largest absolute Gasteiger partial charge is 0.483 e. The molecule has 2 bridgehead atoms. The van der Waals surface area contributed by atoms with E-state index < -0.39 is 39.2 Å². The molecule has 0 aromatic heterocycles. The van der Waals surface area contributed by atoms with Gasteiger partial charge in [0.25, 0.3) is 0 Å². The summed E-state index contributed by atoms with van der Waals surface area (Å²) in [5.41, 5.74) is 0.736. The second kappa shape index (κ2) is 10.2. The number of hydrogen-bond acceptors (Lipinski definition) is 7. The van der Waals surface area contributed by atoms with Crippen molar-refractivity contribution in [3.8, 4) is 11.5 Å². The Balaban J connectivity index is 1.49. The molecule has 2 aliphatic heterocycles. The van der Waals surface area contributed by atoms with Gasteiger partial charge in [-0.05, 0) is 55.3 Å². The highest BCUT2D eigenvalue weighted by Gasteiger charge is 2.73. The van der Waals surface area contributed by atoms with Gasteiger partial charge in [0.1, 0.15) is 6.10 Å². The van der Waals surface area contributed by atoms with Crippen LogP contribution in [0.5, 0.6) is 11.5 Å². The van der Waals surface area contributed by atoms with Gasteiger partial charge in [0.05, 0.1) is 22.8 Å². The summed E-state index contributed by atoms with van der Waals surface area (Å²) in [5, 5.41) is 12.8. The van der Waals surface area contributed by atoms with Crippen molar-refractivity contribution >= 4 is 16.0 Å². The van der Waals surface area contributed by atoms with Crippen molar-refractivity contribution in [2.45, 2.75) is 81.4 Å². The molecule has 0 amide bonds. The lowest BCUT2D eigenvalue weighted by atomic mass is 9.48. The molecule has 6 rings (SSSR count). The first-order valence-electron chi connectivity index (χ1n) is 14.6. The number of piperidine rings is 1. The number of esters is 1. The number of likely N-dealkylation sites (tertiary alicyclic amines) is 1. The number of nitrogens with zero attached hydrogens (tertiary/aromatic N) is 2. The quantitative estimate of drug-likeness (QED) is 0.274. The first-order valence-corrected chi connectivity index (χ1v) is 16.2. The van der Waals surface area contributed by atoms with E-state index in [9.17, 15) is 18.3 Å². The maximum absolute atomic E-state index is 14.2. The molecule has 2 unspecified atom stereocenters. The summed E-state index contributed by atoms with van der Waals surface area (Å²) in [6.07, 6.45) is 3.41. The van der Waals surface area contributed by atoms with Crippen molar-refractivity contribution < 1.29 is 27.8 Å². The summed E-state index contributed by atoms with van der Waals surface area (Å²) in [7, 11) is -3.74. The van der Waals surface area contributed by atoms with Gasteiger partial charge < -0.3 is 14.6 Å². The SMILES string of the molecule is C=CCN1CC[C@]23c4c5ccc(OC(C)=O)c4OC2C(N(CC(C)C)S(=O)(=O)Cc2ccccc2)CC[C@@]3(O)[C@H]1C5. The second-order valence-corrected chi connectivity index (χ2v) is 14.4. The fourth-order valence-electron chi connectivity index (χ4n) is 8.19. The maximum Gasteiger partial charge on any atom is 0.308 e. The Morgan fingerprint density at radius 1 is 1.24 bits per heavy atom. The van der Waals surface area contributed by atoms with Gasteiger partial charge in [0.15, 0.2) is 11.5 Å². The third-order valence-electron chi connectivity index (χ3n) is 9.61. The van der Waals surface area contributed by atoms with Gasteiger partial charge in [-0.15, -0.1) is 6.58 Å². The maximum atomic E-state index is 14.2. The topological polar surface area (TPSA) is 96.4 Å². The predicted octanol–water partition coefficient (Wildman–Crippen LogP) is 3.81. The Morgan fingerprint density at radius 2 is 2.00 bits per heavy atom. The summed E-state index contributed by atoms with van der Waals surface area (Å²) < 4.78 is 42.4. The summed E-state index contributed by atoms with van der Waals surface area (Å²) in [4.78, 5) is 14.3. The minimum atomic E-state index is -3.74. The van der Waals surface area contributed by atoms with Crippen LogP contribution in [0.15, 0.2) is 55.1 Å². The summed E-state index contributed by atoms with van der Waals surface area (Å²) >= 11 is 0. The van der Waals surface area contributed by atoms with Crippen LogP contribution in [0.4, 0.5) is 0 Å². The first-order chi connectivity index (χ1) is 19.5.